The van der Waals surface area contributed by atoms with E-state index in [1.54, 1.807) is 0 Å². The number of hydrogen-bond acceptors (Lipinski definition) is 7. The average molecular weight is 333 g/mol. The van der Waals surface area contributed by atoms with Gasteiger partial charge in [-0.15, -0.1) is 0 Å². The maximum absolute atomic E-state index is 6.07. The van der Waals surface area contributed by atoms with Crippen molar-refractivity contribution >= 4 is 42.7 Å². The quantitative estimate of drug-likeness (QED) is 0.586. The van der Waals surface area contributed by atoms with Crippen LogP contribution in [0.3, 0.4) is 0 Å². The number of fused-ring (bicyclic) bond motifs is 1. The Morgan fingerprint density at radius 3 is 2.57 bits per heavy atom. The van der Waals surface area contributed by atoms with Crippen LogP contribution in [0.5, 0.6) is 0 Å². The summed E-state index contributed by atoms with van der Waals surface area (Å²) in [5, 5.41) is 7.76. The summed E-state index contributed by atoms with van der Waals surface area (Å²) in [6, 6.07) is 0. The molecule has 9 heteroatoms. The molecule has 7 nitrogen and oxygen atoms in total. The van der Waals surface area contributed by atoms with E-state index in [2.05, 4.69) is 32.8 Å². The van der Waals surface area contributed by atoms with Crippen molar-refractivity contribution in [3.05, 3.63) is 17.5 Å². The van der Waals surface area contributed by atoms with Crippen molar-refractivity contribution in [2.75, 3.05) is 11.5 Å². The van der Waals surface area contributed by atoms with E-state index in [-0.39, 0.29) is 0 Å². The highest BCUT2D eigenvalue weighted by Gasteiger charge is 2.52. The van der Waals surface area contributed by atoms with E-state index < -0.39 is 18.3 Å². The van der Waals surface area contributed by atoms with Crippen LogP contribution in [0.4, 0.5) is 5.82 Å². The molecule has 3 heterocycles. The van der Waals surface area contributed by atoms with Gasteiger partial charge < -0.3 is 15.0 Å². The lowest BCUT2D eigenvalue weighted by Crippen LogP contribution is -2.41. The Labute approximate surface area is 140 Å². The largest absolute Gasteiger partial charge is 0.491 e. The Bertz CT molecular complexity index is 758. The van der Waals surface area contributed by atoms with Crippen molar-refractivity contribution in [1.29, 1.82) is 0 Å². The predicted octanol–water partition coefficient (Wildman–Crippen LogP) is 1.88. The highest BCUT2D eigenvalue weighted by atomic mass is 32.1. The minimum atomic E-state index is -0.471. The van der Waals surface area contributed by atoms with Crippen LogP contribution < -0.4 is 5.73 Å². The number of nitrogen functional groups attached to an aromatic ring is 1. The van der Waals surface area contributed by atoms with E-state index in [0.29, 0.717) is 22.6 Å². The van der Waals surface area contributed by atoms with Crippen molar-refractivity contribution in [3.63, 3.8) is 0 Å². The summed E-state index contributed by atoms with van der Waals surface area (Å²) in [5.41, 5.74) is 7.25. The first-order chi connectivity index (χ1) is 10.7. The fraction of sp³-hybridized carbons (Fsp3) is 0.500. The average Bonchev–Trinajstić information content (AvgIpc) is 2.96. The standard InChI is InChI=1S/C14H20BN5O2S/c1-13(2)14(3,4)22-15(21-13)8(6-23)5-9-10-11(16)17-7-18-12(10)20-19-9/h5,7,23H,6H2,1-4H3,(H3,16,17,18,19,20). The van der Waals surface area contributed by atoms with Gasteiger partial charge in [0.15, 0.2) is 5.65 Å². The van der Waals surface area contributed by atoms with Crippen molar-refractivity contribution in [3.8, 4) is 0 Å². The first-order valence-corrected chi connectivity index (χ1v) is 8.00. The van der Waals surface area contributed by atoms with E-state index >= 15 is 0 Å². The van der Waals surface area contributed by atoms with Gasteiger partial charge in [-0.1, -0.05) is 0 Å². The minimum absolute atomic E-state index is 0.377. The second-order valence-electron chi connectivity index (χ2n) is 6.56. The molecule has 0 saturated carbocycles. The van der Waals surface area contributed by atoms with Gasteiger partial charge in [0.2, 0.25) is 0 Å². The fourth-order valence-electron chi connectivity index (χ4n) is 2.37. The highest BCUT2D eigenvalue weighted by Crippen LogP contribution is 2.39. The third kappa shape index (κ3) is 2.73. The zero-order valence-electron chi connectivity index (χ0n) is 13.6. The van der Waals surface area contributed by atoms with Crippen LogP contribution in [0.2, 0.25) is 0 Å². The van der Waals surface area contributed by atoms with Gasteiger partial charge in [-0.3, -0.25) is 5.10 Å². The Morgan fingerprint density at radius 2 is 1.96 bits per heavy atom. The molecule has 0 spiro atoms. The number of hydrogen-bond donors (Lipinski definition) is 3. The molecule has 2 aromatic heterocycles. The molecule has 23 heavy (non-hydrogen) atoms. The maximum Gasteiger partial charge on any atom is 0.491 e. The van der Waals surface area contributed by atoms with E-state index in [1.807, 2.05) is 33.8 Å². The van der Waals surface area contributed by atoms with Crippen molar-refractivity contribution < 1.29 is 9.31 Å². The van der Waals surface area contributed by atoms with Crippen molar-refractivity contribution in [1.82, 2.24) is 20.2 Å². The Balaban J connectivity index is 2.00. The van der Waals surface area contributed by atoms with E-state index in [4.69, 9.17) is 15.0 Å². The zero-order valence-corrected chi connectivity index (χ0v) is 14.5. The van der Waals surface area contributed by atoms with Crippen LogP contribution in [0, 0.1) is 0 Å². The third-order valence-corrected chi connectivity index (χ3v) is 4.84. The summed E-state index contributed by atoms with van der Waals surface area (Å²) in [6.07, 6.45) is 3.28. The van der Waals surface area contributed by atoms with Gasteiger partial charge >= 0.3 is 7.12 Å². The number of rotatable bonds is 3. The zero-order chi connectivity index (χ0) is 16.8. The third-order valence-electron chi connectivity index (χ3n) is 4.48. The Hall–Kier alpha value is -1.58. The minimum Gasteiger partial charge on any atom is -0.400 e. The lowest BCUT2D eigenvalue weighted by Gasteiger charge is -2.32. The normalized spacial score (nSPS) is 20.4. The number of H-pyrrole nitrogens is 1. The number of nitrogens with two attached hydrogens (primary N) is 1. The fourth-order valence-corrected chi connectivity index (χ4v) is 2.61. The highest BCUT2D eigenvalue weighted by molar-refractivity contribution is 7.80. The summed E-state index contributed by atoms with van der Waals surface area (Å²) >= 11 is 4.41. The van der Waals surface area contributed by atoms with E-state index in [9.17, 15) is 0 Å². The molecule has 0 aromatic carbocycles. The summed E-state index contributed by atoms with van der Waals surface area (Å²) < 4.78 is 12.1. The molecule has 3 N–H and O–H groups in total. The van der Waals surface area contributed by atoms with Crippen LogP contribution in [0.15, 0.2) is 11.8 Å². The van der Waals surface area contributed by atoms with Crippen LogP contribution in [-0.2, 0) is 9.31 Å². The van der Waals surface area contributed by atoms with E-state index in [1.165, 1.54) is 6.33 Å². The second-order valence-corrected chi connectivity index (χ2v) is 6.88. The van der Waals surface area contributed by atoms with Gasteiger partial charge in [-0.2, -0.15) is 17.7 Å². The Morgan fingerprint density at radius 1 is 1.30 bits per heavy atom. The van der Waals surface area contributed by atoms with Crippen LogP contribution in [0.1, 0.15) is 33.4 Å². The molecule has 3 rings (SSSR count). The monoisotopic (exact) mass is 333 g/mol. The summed E-state index contributed by atoms with van der Waals surface area (Å²) in [4.78, 5) is 8.11. The van der Waals surface area contributed by atoms with E-state index in [0.717, 1.165) is 11.2 Å². The molecule has 0 atom stereocenters. The van der Waals surface area contributed by atoms with Gasteiger partial charge in [0.25, 0.3) is 0 Å². The van der Waals surface area contributed by atoms with Crippen molar-refractivity contribution in [2.45, 2.75) is 38.9 Å². The summed E-state index contributed by atoms with van der Waals surface area (Å²) in [5.74, 6) is 0.854. The summed E-state index contributed by atoms with van der Waals surface area (Å²) in [6.45, 7) is 8.06. The molecule has 0 radical (unpaired) electrons. The molecule has 1 aliphatic rings. The molecule has 1 aliphatic heterocycles. The molecular formula is C14H20BN5O2S. The molecule has 1 fully saturated rings. The lowest BCUT2D eigenvalue weighted by molar-refractivity contribution is 0.00578. The molecule has 0 amide bonds. The smallest absolute Gasteiger partial charge is 0.400 e. The number of aromatic amines is 1. The Kier molecular flexibility index (Phi) is 3.90. The number of aromatic nitrogens is 4. The number of nitrogens with one attached hydrogen (secondary N) is 1. The lowest BCUT2D eigenvalue weighted by atomic mass is 9.78. The van der Waals surface area contributed by atoms with Gasteiger partial charge in [-0.05, 0) is 39.2 Å². The topological polar surface area (TPSA) is 98.9 Å². The molecule has 0 unspecified atom stereocenters. The van der Waals surface area contributed by atoms with Crippen molar-refractivity contribution in [2.24, 2.45) is 0 Å². The molecular weight excluding hydrogens is 313 g/mol. The first kappa shape index (κ1) is 16.3. The van der Waals surface area contributed by atoms with Gasteiger partial charge in [-0.25, -0.2) is 9.97 Å². The molecule has 1 saturated heterocycles. The predicted molar refractivity (Wildman–Crippen MR) is 94.0 cm³/mol. The molecule has 122 valence electrons. The van der Waals surface area contributed by atoms with Crippen LogP contribution in [0.25, 0.3) is 17.1 Å². The maximum atomic E-state index is 6.07. The summed E-state index contributed by atoms with van der Waals surface area (Å²) in [7, 11) is -0.471. The molecule has 0 bridgehead atoms. The number of thiol groups is 1. The SMILES string of the molecule is CC1(C)OB(C(=Cc2[nH]nc3ncnc(N)c23)CS)OC1(C)C. The van der Waals surface area contributed by atoms with Gasteiger partial charge in [0.1, 0.15) is 12.1 Å². The van der Waals surface area contributed by atoms with Gasteiger partial charge in [0, 0.05) is 5.75 Å². The van der Waals surface area contributed by atoms with Crippen LogP contribution >= 0.6 is 12.6 Å². The van der Waals surface area contributed by atoms with Gasteiger partial charge in [0.05, 0.1) is 22.3 Å². The second kappa shape index (κ2) is 5.50. The molecule has 2 aromatic rings. The number of anilines is 1. The van der Waals surface area contributed by atoms with Crippen LogP contribution in [-0.4, -0.2) is 44.2 Å². The number of nitrogens with zero attached hydrogens (tertiary/aromatic N) is 3. The molecule has 0 aliphatic carbocycles. The first-order valence-electron chi connectivity index (χ1n) is 7.36.